The molecule has 1 aliphatic rings. The number of carbonyl (C=O) groups excluding carboxylic acids is 1. The van der Waals surface area contributed by atoms with Crippen LogP contribution < -0.4 is 0 Å². The lowest BCUT2D eigenvalue weighted by atomic mass is 9.83. The number of hydrogen-bond acceptors (Lipinski definition) is 4. The molecule has 1 rings (SSSR count). The van der Waals surface area contributed by atoms with E-state index < -0.39 is 0 Å². The van der Waals surface area contributed by atoms with Crippen molar-refractivity contribution in [2.24, 2.45) is 11.8 Å². The maximum absolute atomic E-state index is 10.6. The van der Waals surface area contributed by atoms with Gasteiger partial charge in [-0.15, -0.1) is 0 Å². The SMILES string of the molecule is O=CC1CCC(COCCOCCO)CC1. The van der Waals surface area contributed by atoms with E-state index >= 15 is 0 Å². The van der Waals surface area contributed by atoms with Crippen LogP contribution in [0.1, 0.15) is 25.7 Å². The third-order valence-electron chi connectivity index (χ3n) is 3.05. The van der Waals surface area contributed by atoms with Gasteiger partial charge >= 0.3 is 0 Å². The molecule has 1 aliphatic carbocycles. The Labute approximate surface area is 96.9 Å². The Kier molecular flexibility index (Phi) is 7.38. The summed E-state index contributed by atoms with van der Waals surface area (Å²) in [5, 5.41) is 8.48. The van der Waals surface area contributed by atoms with Gasteiger partial charge in [0.2, 0.25) is 0 Å². The zero-order chi connectivity index (χ0) is 11.6. The number of hydrogen-bond donors (Lipinski definition) is 1. The van der Waals surface area contributed by atoms with Gasteiger partial charge in [-0.3, -0.25) is 0 Å². The van der Waals surface area contributed by atoms with Gasteiger partial charge in [-0.2, -0.15) is 0 Å². The van der Waals surface area contributed by atoms with Crippen molar-refractivity contribution in [2.75, 3.05) is 33.0 Å². The molecule has 0 radical (unpaired) electrons. The third kappa shape index (κ3) is 5.58. The van der Waals surface area contributed by atoms with Gasteiger partial charge < -0.3 is 19.4 Å². The number of aliphatic hydroxyl groups is 1. The Morgan fingerprint density at radius 1 is 1.06 bits per heavy atom. The summed E-state index contributed by atoms with van der Waals surface area (Å²) in [4.78, 5) is 10.6. The second kappa shape index (κ2) is 8.67. The highest BCUT2D eigenvalue weighted by molar-refractivity contribution is 5.53. The molecule has 16 heavy (non-hydrogen) atoms. The smallest absolute Gasteiger partial charge is 0.123 e. The molecule has 0 aliphatic heterocycles. The molecule has 0 aromatic carbocycles. The van der Waals surface area contributed by atoms with Crippen LogP contribution in [0.15, 0.2) is 0 Å². The van der Waals surface area contributed by atoms with E-state index in [2.05, 4.69) is 0 Å². The van der Waals surface area contributed by atoms with Crippen molar-refractivity contribution in [3.05, 3.63) is 0 Å². The Balaban J connectivity index is 1.92. The molecular weight excluding hydrogens is 208 g/mol. The average Bonchev–Trinajstić information content (AvgIpc) is 2.34. The molecule has 1 saturated carbocycles. The lowest BCUT2D eigenvalue weighted by molar-refractivity contribution is -0.112. The fourth-order valence-electron chi connectivity index (χ4n) is 2.03. The van der Waals surface area contributed by atoms with Crippen LogP contribution in [-0.4, -0.2) is 44.4 Å². The van der Waals surface area contributed by atoms with Gasteiger partial charge in [0.05, 0.1) is 26.4 Å². The highest BCUT2D eigenvalue weighted by Crippen LogP contribution is 2.27. The van der Waals surface area contributed by atoms with E-state index in [9.17, 15) is 4.79 Å². The monoisotopic (exact) mass is 230 g/mol. The van der Waals surface area contributed by atoms with Crippen molar-refractivity contribution >= 4 is 6.29 Å². The third-order valence-corrected chi connectivity index (χ3v) is 3.05. The fourth-order valence-corrected chi connectivity index (χ4v) is 2.03. The van der Waals surface area contributed by atoms with Crippen LogP contribution in [0.5, 0.6) is 0 Å². The maximum atomic E-state index is 10.6. The fraction of sp³-hybridized carbons (Fsp3) is 0.917. The minimum Gasteiger partial charge on any atom is -0.394 e. The molecule has 0 saturated heterocycles. The first-order chi connectivity index (χ1) is 7.86. The summed E-state index contributed by atoms with van der Waals surface area (Å²) in [7, 11) is 0. The quantitative estimate of drug-likeness (QED) is 0.499. The van der Waals surface area contributed by atoms with Crippen molar-refractivity contribution in [1.29, 1.82) is 0 Å². The molecule has 0 spiro atoms. The van der Waals surface area contributed by atoms with Gasteiger partial charge in [0.1, 0.15) is 6.29 Å². The molecule has 1 N–H and O–H groups in total. The zero-order valence-corrected chi connectivity index (χ0v) is 9.77. The zero-order valence-electron chi connectivity index (χ0n) is 9.77. The number of carbonyl (C=O) groups is 1. The van der Waals surface area contributed by atoms with Crippen molar-refractivity contribution in [3.63, 3.8) is 0 Å². The van der Waals surface area contributed by atoms with Crippen LogP contribution >= 0.6 is 0 Å². The summed E-state index contributed by atoms with van der Waals surface area (Å²) in [6.07, 6.45) is 5.30. The second-order valence-electron chi connectivity index (χ2n) is 4.33. The molecule has 94 valence electrons. The number of aldehydes is 1. The van der Waals surface area contributed by atoms with Crippen molar-refractivity contribution < 1.29 is 19.4 Å². The van der Waals surface area contributed by atoms with Gasteiger partial charge in [-0.05, 0) is 31.6 Å². The van der Waals surface area contributed by atoms with E-state index in [-0.39, 0.29) is 12.5 Å². The predicted octanol–water partition coefficient (Wildman–Crippen LogP) is 1.02. The highest BCUT2D eigenvalue weighted by atomic mass is 16.5. The van der Waals surface area contributed by atoms with Crippen molar-refractivity contribution in [3.8, 4) is 0 Å². The maximum Gasteiger partial charge on any atom is 0.123 e. The van der Waals surface area contributed by atoms with E-state index in [1.807, 2.05) is 0 Å². The summed E-state index contributed by atoms with van der Waals surface area (Å²) in [5.41, 5.74) is 0. The lowest BCUT2D eigenvalue weighted by Gasteiger charge is -2.25. The number of rotatable bonds is 8. The molecule has 0 aromatic heterocycles. The molecule has 0 heterocycles. The summed E-state index contributed by atoms with van der Waals surface area (Å²) in [6.45, 7) is 2.36. The molecule has 0 bridgehead atoms. The van der Waals surface area contributed by atoms with Gasteiger partial charge in [0.15, 0.2) is 0 Å². The molecule has 4 nitrogen and oxygen atoms in total. The predicted molar refractivity (Wildman–Crippen MR) is 60.2 cm³/mol. The van der Waals surface area contributed by atoms with Crippen LogP contribution in [0.3, 0.4) is 0 Å². The Hall–Kier alpha value is -0.450. The van der Waals surface area contributed by atoms with Crippen LogP contribution in [0.25, 0.3) is 0 Å². The second-order valence-corrected chi connectivity index (χ2v) is 4.33. The molecule has 0 amide bonds. The molecule has 0 aromatic rings. The molecule has 1 fully saturated rings. The van der Waals surface area contributed by atoms with E-state index in [1.165, 1.54) is 0 Å². The minimum absolute atomic E-state index is 0.0652. The number of ether oxygens (including phenoxy) is 2. The van der Waals surface area contributed by atoms with Crippen LogP contribution in [0.2, 0.25) is 0 Å². The first-order valence-corrected chi connectivity index (χ1v) is 6.08. The average molecular weight is 230 g/mol. The van der Waals surface area contributed by atoms with E-state index in [1.54, 1.807) is 0 Å². The Morgan fingerprint density at radius 2 is 1.75 bits per heavy atom. The minimum atomic E-state index is 0.0652. The van der Waals surface area contributed by atoms with E-state index in [4.69, 9.17) is 14.6 Å². The van der Waals surface area contributed by atoms with Crippen molar-refractivity contribution in [1.82, 2.24) is 0 Å². The normalized spacial score (nSPS) is 25.6. The van der Waals surface area contributed by atoms with Crippen LogP contribution in [-0.2, 0) is 14.3 Å². The van der Waals surface area contributed by atoms with Crippen LogP contribution in [0.4, 0.5) is 0 Å². The molecular formula is C12H22O4. The summed E-state index contributed by atoms with van der Waals surface area (Å²) in [6, 6.07) is 0. The summed E-state index contributed by atoms with van der Waals surface area (Å²) < 4.78 is 10.6. The molecule has 4 heteroatoms. The van der Waals surface area contributed by atoms with Crippen molar-refractivity contribution in [2.45, 2.75) is 25.7 Å². The lowest BCUT2D eigenvalue weighted by Crippen LogP contribution is -2.20. The topological polar surface area (TPSA) is 55.8 Å². The van der Waals surface area contributed by atoms with Gasteiger partial charge in [-0.1, -0.05) is 0 Å². The van der Waals surface area contributed by atoms with Crippen LogP contribution in [0, 0.1) is 11.8 Å². The standard InChI is InChI=1S/C12H22O4/c13-5-6-15-7-8-16-10-12-3-1-11(9-14)2-4-12/h9,11-13H,1-8,10H2. The largest absolute Gasteiger partial charge is 0.394 e. The van der Waals surface area contributed by atoms with Gasteiger partial charge in [0, 0.05) is 12.5 Å². The molecule has 0 atom stereocenters. The number of aliphatic hydroxyl groups excluding tert-OH is 1. The summed E-state index contributed by atoms with van der Waals surface area (Å²) >= 11 is 0. The van der Waals surface area contributed by atoms with E-state index in [0.29, 0.717) is 25.7 Å². The Bertz CT molecular complexity index is 176. The van der Waals surface area contributed by atoms with E-state index in [0.717, 1.165) is 38.6 Å². The molecule has 0 unspecified atom stereocenters. The summed E-state index contributed by atoms with van der Waals surface area (Å²) in [5.74, 6) is 0.887. The highest BCUT2D eigenvalue weighted by Gasteiger charge is 2.20. The van der Waals surface area contributed by atoms with Gasteiger partial charge in [0.25, 0.3) is 0 Å². The Morgan fingerprint density at radius 3 is 2.38 bits per heavy atom. The first-order valence-electron chi connectivity index (χ1n) is 6.08. The first kappa shape index (κ1) is 13.6. The van der Waals surface area contributed by atoms with Gasteiger partial charge in [-0.25, -0.2) is 0 Å².